The lowest BCUT2D eigenvalue weighted by molar-refractivity contribution is 0.210. The topological polar surface area (TPSA) is 38.7 Å². The van der Waals surface area contributed by atoms with E-state index >= 15 is 0 Å². The van der Waals surface area contributed by atoms with Gasteiger partial charge in [-0.2, -0.15) is 0 Å². The smallest absolute Gasteiger partial charge is 0.161 e. The van der Waals surface area contributed by atoms with Crippen LogP contribution in [0.2, 0.25) is 0 Å². The van der Waals surface area contributed by atoms with Gasteiger partial charge in [0.15, 0.2) is 11.5 Å². The first-order valence-electron chi connectivity index (χ1n) is 8.68. The number of allylic oxidation sites excluding steroid dienone is 2. The zero-order valence-electron chi connectivity index (χ0n) is 15.5. The Morgan fingerprint density at radius 3 is 2.35 bits per heavy atom. The first-order chi connectivity index (χ1) is 11.1. The minimum Gasteiger partial charge on any atom is -0.513 e. The molecule has 0 amide bonds. The van der Waals surface area contributed by atoms with E-state index in [2.05, 4.69) is 26.0 Å². The molecule has 1 aliphatic carbocycles. The third kappa shape index (κ3) is 4.01. The second-order valence-corrected chi connectivity index (χ2v) is 5.98. The molecule has 2 rings (SSSR count). The van der Waals surface area contributed by atoms with Crippen LogP contribution in [0.4, 0.5) is 0 Å². The summed E-state index contributed by atoms with van der Waals surface area (Å²) in [5, 5.41) is 9.83. The molecule has 0 saturated carbocycles. The number of benzene rings is 1. The molecule has 3 heteroatoms. The molecule has 0 radical (unpaired) electrons. The van der Waals surface area contributed by atoms with E-state index in [0.717, 1.165) is 37.2 Å². The van der Waals surface area contributed by atoms with Crippen LogP contribution in [-0.4, -0.2) is 19.3 Å². The van der Waals surface area contributed by atoms with Crippen LogP contribution < -0.4 is 9.47 Å². The van der Waals surface area contributed by atoms with Crippen molar-refractivity contribution in [2.24, 2.45) is 5.92 Å². The molecule has 1 aromatic rings. The molecule has 0 aromatic heterocycles. The van der Waals surface area contributed by atoms with Crippen molar-refractivity contribution in [1.29, 1.82) is 0 Å². The Labute approximate surface area is 141 Å². The maximum Gasteiger partial charge on any atom is 0.161 e. The predicted molar refractivity (Wildman–Crippen MR) is 96.6 cm³/mol. The van der Waals surface area contributed by atoms with Crippen molar-refractivity contribution < 1.29 is 14.6 Å². The lowest BCUT2D eigenvalue weighted by atomic mass is 9.62. The van der Waals surface area contributed by atoms with Crippen LogP contribution in [0.5, 0.6) is 11.5 Å². The van der Waals surface area contributed by atoms with E-state index in [1.165, 1.54) is 5.56 Å². The zero-order chi connectivity index (χ0) is 17.5. The van der Waals surface area contributed by atoms with Gasteiger partial charge in [0.05, 0.1) is 20.0 Å². The fourth-order valence-electron chi connectivity index (χ4n) is 3.58. The van der Waals surface area contributed by atoms with Gasteiger partial charge in [0, 0.05) is 11.8 Å². The monoisotopic (exact) mass is 320 g/mol. The van der Waals surface area contributed by atoms with Crippen LogP contribution in [-0.2, 0) is 5.41 Å². The third-order valence-electron chi connectivity index (χ3n) is 4.82. The van der Waals surface area contributed by atoms with Crippen LogP contribution in [0.3, 0.4) is 0 Å². The number of hydrogen-bond acceptors (Lipinski definition) is 3. The van der Waals surface area contributed by atoms with Crippen molar-refractivity contribution in [3.05, 3.63) is 35.6 Å². The second-order valence-electron chi connectivity index (χ2n) is 5.98. The molecule has 0 aliphatic heterocycles. The van der Waals surface area contributed by atoms with E-state index in [1.54, 1.807) is 14.2 Å². The van der Waals surface area contributed by atoms with Crippen molar-refractivity contribution in [3.8, 4) is 11.5 Å². The molecule has 130 valence electrons. The van der Waals surface area contributed by atoms with E-state index in [0.29, 0.717) is 11.7 Å². The Morgan fingerprint density at radius 1 is 1.17 bits per heavy atom. The highest BCUT2D eigenvalue weighted by molar-refractivity contribution is 5.46. The summed E-state index contributed by atoms with van der Waals surface area (Å²) in [7, 11) is 3.33. The molecule has 2 atom stereocenters. The van der Waals surface area contributed by atoms with E-state index in [-0.39, 0.29) is 5.41 Å². The Balaban J connectivity index is 0.00000127. The number of aliphatic hydroxyl groups excluding tert-OH is 1. The Morgan fingerprint density at radius 2 is 1.83 bits per heavy atom. The number of ether oxygens (including phenoxy) is 2. The molecule has 23 heavy (non-hydrogen) atoms. The van der Waals surface area contributed by atoms with Gasteiger partial charge in [-0.3, -0.25) is 0 Å². The SMILES string of the molecule is CC.CCCC1(c2ccc(OC)c(OC)c2)CC=C(O)CC1C. The Bertz CT molecular complexity index is 522. The van der Waals surface area contributed by atoms with Crippen LogP contribution >= 0.6 is 0 Å². The van der Waals surface area contributed by atoms with Crippen molar-refractivity contribution in [1.82, 2.24) is 0 Å². The maximum atomic E-state index is 9.83. The highest BCUT2D eigenvalue weighted by Crippen LogP contribution is 2.47. The summed E-state index contributed by atoms with van der Waals surface area (Å²) < 4.78 is 10.8. The van der Waals surface area contributed by atoms with E-state index in [4.69, 9.17) is 9.47 Å². The van der Waals surface area contributed by atoms with Crippen molar-refractivity contribution in [2.75, 3.05) is 14.2 Å². The summed E-state index contributed by atoms with van der Waals surface area (Å²) in [6, 6.07) is 6.22. The second kappa shape index (κ2) is 8.85. The van der Waals surface area contributed by atoms with Gasteiger partial charge < -0.3 is 14.6 Å². The Hall–Kier alpha value is -1.64. The van der Waals surface area contributed by atoms with Crippen LogP contribution in [0.1, 0.15) is 58.9 Å². The summed E-state index contributed by atoms with van der Waals surface area (Å²) in [6.07, 6.45) is 5.82. The molecule has 1 N–H and O–H groups in total. The third-order valence-corrected chi connectivity index (χ3v) is 4.82. The van der Waals surface area contributed by atoms with Gasteiger partial charge in [-0.25, -0.2) is 0 Å². The summed E-state index contributed by atoms with van der Waals surface area (Å²) in [5.74, 6) is 2.46. The molecule has 0 bridgehead atoms. The van der Waals surface area contributed by atoms with Gasteiger partial charge in [-0.15, -0.1) is 0 Å². The summed E-state index contributed by atoms with van der Waals surface area (Å²) in [5.41, 5.74) is 1.35. The molecule has 3 nitrogen and oxygen atoms in total. The molecular formula is C20H32O3. The molecule has 1 aliphatic rings. The van der Waals surface area contributed by atoms with Gasteiger partial charge in [0.2, 0.25) is 0 Å². The quantitative estimate of drug-likeness (QED) is 0.763. The molecule has 1 aromatic carbocycles. The van der Waals surface area contributed by atoms with Gasteiger partial charge in [0.25, 0.3) is 0 Å². The van der Waals surface area contributed by atoms with Gasteiger partial charge in [-0.05, 0) is 42.5 Å². The van der Waals surface area contributed by atoms with Gasteiger partial charge >= 0.3 is 0 Å². The van der Waals surface area contributed by atoms with Gasteiger partial charge in [-0.1, -0.05) is 40.2 Å². The Kier molecular flexibility index (Phi) is 7.47. The van der Waals surface area contributed by atoms with Crippen LogP contribution in [0.25, 0.3) is 0 Å². The van der Waals surface area contributed by atoms with Crippen molar-refractivity contribution in [3.63, 3.8) is 0 Å². The molecule has 0 heterocycles. The lowest BCUT2D eigenvalue weighted by Crippen LogP contribution is -2.36. The van der Waals surface area contributed by atoms with Crippen LogP contribution in [0, 0.1) is 5.92 Å². The average Bonchev–Trinajstić information content (AvgIpc) is 2.59. The molecular weight excluding hydrogens is 288 g/mol. The first kappa shape index (κ1) is 19.4. The fraction of sp³-hybridized carbons (Fsp3) is 0.600. The molecule has 0 fully saturated rings. The number of aliphatic hydroxyl groups is 1. The number of hydrogen-bond donors (Lipinski definition) is 1. The number of rotatable bonds is 5. The summed E-state index contributed by atoms with van der Waals surface area (Å²) >= 11 is 0. The number of methoxy groups -OCH3 is 2. The zero-order valence-corrected chi connectivity index (χ0v) is 15.5. The minimum atomic E-state index is 0.0700. The standard InChI is InChI=1S/C18H26O3.C2H6/c1-5-9-18(10-8-15(19)11-13(18)2)14-6-7-16(20-3)17(12-14)21-4;1-2/h6-8,12-13,19H,5,9-11H2,1-4H3;1-2H3. The van der Waals surface area contributed by atoms with Crippen LogP contribution in [0.15, 0.2) is 30.0 Å². The summed E-state index contributed by atoms with van der Waals surface area (Å²) in [6.45, 7) is 8.45. The predicted octanol–water partition coefficient (Wildman–Crippen LogP) is 5.64. The first-order valence-corrected chi connectivity index (χ1v) is 8.68. The highest BCUT2D eigenvalue weighted by Gasteiger charge is 2.39. The van der Waals surface area contributed by atoms with E-state index < -0.39 is 0 Å². The lowest BCUT2D eigenvalue weighted by Gasteiger charge is -2.42. The largest absolute Gasteiger partial charge is 0.513 e. The van der Waals surface area contributed by atoms with E-state index in [9.17, 15) is 5.11 Å². The molecule has 0 spiro atoms. The van der Waals surface area contributed by atoms with Crippen molar-refractivity contribution >= 4 is 0 Å². The fourth-order valence-corrected chi connectivity index (χ4v) is 3.58. The highest BCUT2D eigenvalue weighted by atomic mass is 16.5. The average molecular weight is 320 g/mol. The molecule has 2 unspecified atom stereocenters. The molecule has 0 saturated heterocycles. The summed E-state index contributed by atoms with van der Waals surface area (Å²) in [4.78, 5) is 0. The normalized spacial score (nSPS) is 23.4. The van der Waals surface area contributed by atoms with Gasteiger partial charge in [0.1, 0.15) is 0 Å². The van der Waals surface area contributed by atoms with E-state index in [1.807, 2.05) is 26.0 Å². The van der Waals surface area contributed by atoms with Crippen molar-refractivity contribution in [2.45, 2.75) is 58.8 Å². The minimum absolute atomic E-state index is 0.0700. The maximum absolute atomic E-state index is 9.83.